The molecular formula is C10H7ClF4O2. The average molecular weight is 271 g/mol. The molecule has 1 rings (SSSR count). The molecule has 0 saturated carbocycles. The third kappa shape index (κ3) is 4.60. The number of ether oxygens (including phenoxy) is 1. The molecule has 0 saturated heterocycles. The van der Waals surface area contributed by atoms with Gasteiger partial charge in [0.2, 0.25) is 0 Å². The van der Waals surface area contributed by atoms with Crippen LogP contribution in [0.2, 0.25) is 0 Å². The maximum Gasteiger partial charge on any atom is 0.573 e. The Labute approximate surface area is 99.1 Å². The Morgan fingerprint density at radius 3 is 2.47 bits per heavy atom. The summed E-state index contributed by atoms with van der Waals surface area (Å²) < 4.78 is 52.2. The first-order valence-corrected chi connectivity index (χ1v) is 5.01. The van der Waals surface area contributed by atoms with E-state index in [-0.39, 0.29) is 17.9 Å². The summed E-state index contributed by atoms with van der Waals surface area (Å²) in [5, 5.41) is 0. The molecule has 17 heavy (non-hydrogen) atoms. The van der Waals surface area contributed by atoms with Gasteiger partial charge in [-0.15, -0.1) is 24.8 Å². The van der Waals surface area contributed by atoms with Crippen LogP contribution in [0.5, 0.6) is 5.75 Å². The van der Waals surface area contributed by atoms with Gasteiger partial charge in [-0.25, -0.2) is 4.39 Å². The molecule has 0 atom stereocenters. The first kappa shape index (κ1) is 13.8. The summed E-state index contributed by atoms with van der Waals surface area (Å²) >= 11 is 5.31. The van der Waals surface area contributed by atoms with Crippen LogP contribution in [0, 0.1) is 5.82 Å². The molecule has 0 aliphatic rings. The van der Waals surface area contributed by atoms with Gasteiger partial charge >= 0.3 is 6.36 Å². The highest BCUT2D eigenvalue weighted by molar-refractivity contribution is 6.19. The second kappa shape index (κ2) is 5.35. The molecule has 0 aromatic heterocycles. The van der Waals surface area contributed by atoms with Gasteiger partial charge in [0.25, 0.3) is 0 Å². The van der Waals surface area contributed by atoms with Gasteiger partial charge < -0.3 is 4.74 Å². The molecule has 0 unspecified atom stereocenters. The normalized spacial score (nSPS) is 11.4. The lowest BCUT2D eigenvalue weighted by Crippen LogP contribution is -2.17. The van der Waals surface area contributed by atoms with Crippen LogP contribution in [0.4, 0.5) is 17.6 Å². The Bertz CT molecular complexity index is 417. The summed E-state index contributed by atoms with van der Waals surface area (Å²) in [6.45, 7) is 0. The van der Waals surface area contributed by atoms with Gasteiger partial charge in [0, 0.05) is 23.9 Å². The van der Waals surface area contributed by atoms with E-state index in [2.05, 4.69) is 4.74 Å². The lowest BCUT2D eigenvalue weighted by atomic mass is 10.1. The van der Waals surface area contributed by atoms with E-state index >= 15 is 0 Å². The third-order valence-electron chi connectivity index (χ3n) is 1.75. The minimum absolute atomic E-state index is 0.00477. The van der Waals surface area contributed by atoms with Crippen molar-refractivity contribution in [3.63, 3.8) is 0 Å². The number of benzene rings is 1. The summed E-state index contributed by atoms with van der Waals surface area (Å²) in [6, 6.07) is 2.20. The molecule has 0 heterocycles. The van der Waals surface area contributed by atoms with Crippen LogP contribution in [-0.2, 0) is 0 Å². The smallest absolute Gasteiger partial charge is 0.406 e. The van der Waals surface area contributed by atoms with Crippen molar-refractivity contribution in [2.75, 3.05) is 5.88 Å². The summed E-state index contributed by atoms with van der Waals surface area (Å²) in [6.07, 6.45) is -5.02. The van der Waals surface area contributed by atoms with Crippen LogP contribution in [0.1, 0.15) is 16.8 Å². The largest absolute Gasteiger partial charge is 0.573 e. The van der Waals surface area contributed by atoms with Crippen LogP contribution in [-0.4, -0.2) is 18.0 Å². The molecule has 0 amide bonds. The van der Waals surface area contributed by atoms with Gasteiger partial charge in [0.05, 0.1) is 0 Å². The molecule has 2 nitrogen and oxygen atoms in total. The van der Waals surface area contributed by atoms with E-state index in [9.17, 15) is 22.4 Å². The van der Waals surface area contributed by atoms with Crippen LogP contribution >= 0.6 is 11.6 Å². The first-order valence-electron chi connectivity index (χ1n) is 4.47. The Kier molecular flexibility index (Phi) is 4.34. The van der Waals surface area contributed by atoms with Crippen molar-refractivity contribution in [1.82, 2.24) is 0 Å². The molecule has 1 aromatic carbocycles. The van der Waals surface area contributed by atoms with Crippen LogP contribution in [0.15, 0.2) is 18.2 Å². The number of hydrogen-bond acceptors (Lipinski definition) is 2. The minimum Gasteiger partial charge on any atom is -0.406 e. The minimum atomic E-state index is -4.93. The monoisotopic (exact) mass is 270 g/mol. The van der Waals surface area contributed by atoms with Crippen molar-refractivity contribution in [3.05, 3.63) is 29.6 Å². The number of hydrogen-bond donors (Lipinski definition) is 0. The van der Waals surface area contributed by atoms with Crippen molar-refractivity contribution in [1.29, 1.82) is 0 Å². The fraction of sp³-hybridized carbons (Fsp3) is 0.300. The SMILES string of the molecule is O=C(CCCl)c1cc(F)cc(OC(F)(F)F)c1. The van der Waals surface area contributed by atoms with E-state index in [1.807, 2.05) is 0 Å². The number of carbonyl (C=O) groups excluding carboxylic acids is 1. The number of ketones is 1. The fourth-order valence-corrected chi connectivity index (χ4v) is 1.32. The molecule has 0 aliphatic heterocycles. The number of carbonyl (C=O) groups is 1. The molecule has 0 bridgehead atoms. The zero-order chi connectivity index (χ0) is 13.1. The van der Waals surface area contributed by atoms with E-state index in [0.717, 1.165) is 12.1 Å². The quantitative estimate of drug-likeness (QED) is 0.475. The Morgan fingerprint density at radius 2 is 1.94 bits per heavy atom. The van der Waals surface area contributed by atoms with Crippen molar-refractivity contribution < 1.29 is 27.1 Å². The first-order chi connectivity index (χ1) is 7.81. The van der Waals surface area contributed by atoms with Gasteiger partial charge in [-0.05, 0) is 12.1 Å². The average Bonchev–Trinajstić information content (AvgIpc) is 2.14. The summed E-state index contributed by atoms with van der Waals surface area (Å²) in [4.78, 5) is 11.3. The summed E-state index contributed by atoms with van der Waals surface area (Å²) in [5.74, 6) is -2.29. The zero-order valence-electron chi connectivity index (χ0n) is 8.35. The zero-order valence-corrected chi connectivity index (χ0v) is 9.11. The Hall–Kier alpha value is -1.30. The topological polar surface area (TPSA) is 26.3 Å². The van der Waals surface area contributed by atoms with Crippen molar-refractivity contribution >= 4 is 17.4 Å². The van der Waals surface area contributed by atoms with Gasteiger partial charge in [-0.2, -0.15) is 0 Å². The van der Waals surface area contributed by atoms with Gasteiger partial charge in [0.1, 0.15) is 11.6 Å². The standard InChI is InChI=1S/C10H7ClF4O2/c11-2-1-9(16)6-3-7(12)5-8(4-6)17-10(13,14)15/h3-5H,1-2H2. The maximum absolute atomic E-state index is 13.0. The molecule has 1 aromatic rings. The molecular weight excluding hydrogens is 264 g/mol. The number of alkyl halides is 4. The third-order valence-corrected chi connectivity index (χ3v) is 1.94. The number of halogens is 5. The molecule has 94 valence electrons. The number of Topliss-reactive ketones (excluding diaryl/α,β-unsaturated/α-hetero) is 1. The summed E-state index contributed by atoms with van der Waals surface area (Å²) in [5.41, 5.74) is -0.204. The predicted octanol–water partition coefficient (Wildman–Crippen LogP) is 3.54. The van der Waals surface area contributed by atoms with E-state index < -0.39 is 23.7 Å². The van der Waals surface area contributed by atoms with Gasteiger partial charge in [-0.1, -0.05) is 0 Å². The van der Waals surface area contributed by atoms with Gasteiger partial charge in [0.15, 0.2) is 5.78 Å². The fourth-order valence-electron chi connectivity index (χ4n) is 1.15. The highest BCUT2D eigenvalue weighted by Crippen LogP contribution is 2.25. The van der Waals surface area contributed by atoms with E-state index in [1.54, 1.807) is 0 Å². The molecule has 0 aliphatic carbocycles. The van der Waals surface area contributed by atoms with E-state index in [4.69, 9.17) is 11.6 Å². The lowest BCUT2D eigenvalue weighted by Gasteiger charge is -2.10. The second-order valence-corrected chi connectivity index (χ2v) is 3.46. The lowest BCUT2D eigenvalue weighted by molar-refractivity contribution is -0.274. The Morgan fingerprint density at radius 1 is 1.29 bits per heavy atom. The molecule has 0 fully saturated rings. The number of rotatable bonds is 4. The molecule has 7 heteroatoms. The van der Waals surface area contributed by atoms with Crippen molar-refractivity contribution in [2.45, 2.75) is 12.8 Å². The molecule has 0 radical (unpaired) electrons. The van der Waals surface area contributed by atoms with Crippen LogP contribution < -0.4 is 4.74 Å². The van der Waals surface area contributed by atoms with Crippen LogP contribution in [0.25, 0.3) is 0 Å². The predicted molar refractivity (Wildman–Crippen MR) is 52.8 cm³/mol. The van der Waals surface area contributed by atoms with Crippen molar-refractivity contribution in [3.8, 4) is 5.75 Å². The maximum atomic E-state index is 13.0. The van der Waals surface area contributed by atoms with Crippen molar-refractivity contribution in [2.24, 2.45) is 0 Å². The molecule has 0 N–H and O–H groups in total. The highest BCUT2D eigenvalue weighted by Gasteiger charge is 2.31. The van der Waals surface area contributed by atoms with E-state index in [0.29, 0.717) is 6.07 Å². The second-order valence-electron chi connectivity index (χ2n) is 3.09. The molecule has 0 spiro atoms. The Balaban J connectivity index is 2.98. The highest BCUT2D eigenvalue weighted by atomic mass is 35.5. The van der Waals surface area contributed by atoms with Gasteiger partial charge in [-0.3, -0.25) is 4.79 Å². The van der Waals surface area contributed by atoms with E-state index in [1.165, 1.54) is 0 Å². The van der Waals surface area contributed by atoms with Crippen LogP contribution in [0.3, 0.4) is 0 Å². The summed E-state index contributed by atoms with van der Waals surface area (Å²) in [7, 11) is 0.